The molecule has 1 unspecified atom stereocenters. The molecular weight excluding hydrogens is 308 g/mol. The zero-order chi connectivity index (χ0) is 15.5. The van der Waals surface area contributed by atoms with Gasteiger partial charge in [-0.05, 0) is 31.7 Å². The second-order valence-corrected chi connectivity index (χ2v) is 8.06. The fraction of sp³-hybridized carbons (Fsp3) is 0.571. The third-order valence-electron chi connectivity index (χ3n) is 3.50. The molecule has 0 aliphatic carbocycles. The first-order chi connectivity index (χ1) is 10.0. The van der Waals surface area contributed by atoms with Crippen molar-refractivity contribution in [3.8, 4) is 5.75 Å². The molecule has 1 atom stereocenters. The SMILES string of the molecule is CNCc1ccc(S(=O)(=O)N2CCSCC2C)c(OC)c1. The summed E-state index contributed by atoms with van der Waals surface area (Å²) in [4.78, 5) is 0.253. The van der Waals surface area contributed by atoms with Gasteiger partial charge in [0.05, 0.1) is 7.11 Å². The Morgan fingerprint density at radius 3 is 2.86 bits per heavy atom. The van der Waals surface area contributed by atoms with E-state index in [1.54, 1.807) is 28.2 Å². The summed E-state index contributed by atoms with van der Waals surface area (Å²) in [6, 6.07) is 5.27. The largest absolute Gasteiger partial charge is 0.495 e. The quantitative estimate of drug-likeness (QED) is 0.887. The Morgan fingerprint density at radius 1 is 1.48 bits per heavy atom. The Balaban J connectivity index is 2.39. The molecule has 118 valence electrons. The third-order valence-corrected chi connectivity index (χ3v) is 6.74. The Morgan fingerprint density at radius 2 is 2.24 bits per heavy atom. The number of nitrogens with zero attached hydrogens (tertiary/aromatic N) is 1. The van der Waals surface area contributed by atoms with Gasteiger partial charge in [-0.1, -0.05) is 6.07 Å². The van der Waals surface area contributed by atoms with E-state index in [0.717, 1.165) is 17.1 Å². The third kappa shape index (κ3) is 3.53. The van der Waals surface area contributed by atoms with Crippen LogP contribution in [0.3, 0.4) is 0 Å². The van der Waals surface area contributed by atoms with Crippen molar-refractivity contribution in [3.05, 3.63) is 23.8 Å². The average Bonchev–Trinajstić information content (AvgIpc) is 2.47. The van der Waals surface area contributed by atoms with E-state index in [0.29, 0.717) is 18.8 Å². The Kier molecular flexibility index (Phi) is 5.54. The second-order valence-electron chi connectivity index (χ2n) is 5.06. The van der Waals surface area contributed by atoms with Gasteiger partial charge in [-0.15, -0.1) is 0 Å². The van der Waals surface area contributed by atoms with Crippen molar-refractivity contribution in [3.63, 3.8) is 0 Å². The second kappa shape index (κ2) is 7.00. The lowest BCUT2D eigenvalue weighted by molar-refractivity contribution is 0.360. The normalized spacial score (nSPS) is 20.4. The Labute approximate surface area is 131 Å². The molecule has 1 fully saturated rings. The number of sulfonamides is 1. The standard InChI is InChI=1S/C14H22N2O3S2/c1-11-10-20-7-6-16(11)21(17,18)14-5-4-12(9-15-2)8-13(14)19-3/h4-5,8,11,15H,6-7,9-10H2,1-3H3. The van der Waals surface area contributed by atoms with Gasteiger partial charge in [-0.25, -0.2) is 8.42 Å². The van der Waals surface area contributed by atoms with Crippen LogP contribution >= 0.6 is 11.8 Å². The van der Waals surface area contributed by atoms with Crippen molar-refractivity contribution in [2.75, 3.05) is 32.2 Å². The number of rotatable bonds is 5. The maximum atomic E-state index is 12.9. The molecule has 0 bridgehead atoms. The number of thioether (sulfide) groups is 1. The van der Waals surface area contributed by atoms with E-state index >= 15 is 0 Å². The van der Waals surface area contributed by atoms with Crippen molar-refractivity contribution >= 4 is 21.8 Å². The van der Waals surface area contributed by atoms with Crippen LogP contribution in [0, 0.1) is 0 Å². The number of hydrogen-bond acceptors (Lipinski definition) is 5. The van der Waals surface area contributed by atoms with Gasteiger partial charge in [0.15, 0.2) is 0 Å². The van der Waals surface area contributed by atoms with Gasteiger partial charge in [0.1, 0.15) is 10.6 Å². The van der Waals surface area contributed by atoms with E-state index in [4.69, 9.17) is 4.74 Å². The first-order valence-electron chi connectivity index (χ1n) is 6.91. The maximum absolute atomic E-state index is 12.9. The minimum absolute atomic E-state index is 0.00967. The van der Waals surface area contributed by atoms with E-state index in [9.17, 15) is 8.42 Å². The minimum atomic E-state index is -3.51. The van der Waals surface area contributed by atoms with Crippen LogP contribution in [0.1, 0.15) is 12.5 Å². The van der Waals surface area contributed by atoms with Gasteiger partial charge < -0.3 is 10.1 Å². The summed E-state index contributed by atoms with van der Waals surface area (Å²) in [6.07, 6.45) is 0. The predicted octanol–water partition coefficient (Wildman–Crippen LogP) is 1.54. The molecule has 7 heteroatoms. The van der Waals surface area contributed by atoms with Crippen molar-refractivity contribution in [1.29, 1.82) is 0 Å². The van der Waals surface area contributed by atoms with E-state index < -0.39 is 10.0 Å². The van der Waals surface area contributed by atoms with Crippen LogP contribution in [-0.4, -0.2) is 51.0 Å². The summed E-state index contributed by atoms with van der Waals surface area (Å²) < 4.78 is 32.6. The van der Waals surface area contributed by atoms with Gasteiger partial charge >= 0.3 is 0 Å². The zero-order valence-electron chi connectivity index (χ0n) is 12.6. The van der Waals surface area contributed by atoms with Crippen LogP contribution < -0.4 is 10.1 Å². The lowest BCUT2D eigenvalue weighted by Crippen LogP contribution is -2.44. The number of methoxy groups -OCH3 is 1. The lowest BCUT2D eigenvalue weighted by atomic mass is 10.2. The molecule has 1 aromatic rings. The summed E-state index contributed by atoms with van der Waals surface area (Å²) in [5.41, 5.74) is 0.996. The number of benzene rings is 1. The molecule has 0 saturated carbocycles. The maximum Gasteiger partial charge on any atom is 0.247 e. The number of ether oxygens (including phenoxy) is 1. The Bertz CT molecular complexity index is 590. The smallest absolute Gasteiger partial charge is 0.247 e. The topological polar surface area (TPSA) is 58.6 Å². The van der Waals surface area contributed by atoms with E-state index in [2.05, 4.69) is 5.32 Å². The molecule has 5 nitrogen and oxygen atoms in total. The first kappa shape index (κ1) is 16.6. The molecule has 0 aromatic heterocycles. The molecule has 1 N–H and O–H groups in total. The lowest BCUT2D eigenvalue weighted by Gasteiger charge is -2.32. The number of nitrogens with one attached hydrogen (secondary N) is 1. The molecular formula is C14H22N2O3S2. The molecule has 0 amide bonds. The van der Waals surface area contributed by atoms with Crippen LogP contribution in [0.4, 0.5) is 0 Å². The predicted molar refractivity (Wildman–Crippen MR) is 86.4 cm³/mol. The highest BCUT2D eigenvalue weighted by Crippen LogP contribution is 2.31. The van der Waals surface area contributed by atoms with Gasteiger partial charge in [0, 0.05) is 30.6 Å². The van der Waals surface area contributed by atoms with E-state index in [1.807, 2.05) is 20.0 Å². The summed E-state index contributed by atoms with van der Waals surface area (Å²) in [5.74, 6) is 2.08. The molecule has 1 saturated heterocycles. The Hall–Kier alpha value is -0.760. The summed E-state index contributed by atoms with van der Waals surface area (Å²) in [5, 5.41) is 3.05. The van der Waals surface area contributed by atoms with Crippen LogP contribution in [0.5, 0.6) is 5.75 Å². The molecule has 2 rings (SSSR count). The molecule has 0 spiro atoms. The first-order valence-corrected chi connectivity index (χ1v) is 9.51. The van der Waals surface area contributed by atoms with E-state index in [1.165, 1.54) is 7.11 Å². The molecule has 1 heterocycles. The average molecular weight is 330 g/mol. The highest BCUT2D eigenvalue weighted by atomic mass is 32.2. The zero-order valence-corrected chi connectivity index (χ0v) is 14.3. The highest BCUT2D eigenvalue weighted by molar-refractivity contribution is 7.99. The monoisotopic (exact) mass is 330 g/mol. The van der Waals surface area contributed by atoms with E-state index in [-0.39, 0.29) is 10.9 Å². The van der Waals surface area contributed by atoms with Crippen LogP contribution in [-0.2, 0) is 16.6 Å². The number of hydrogen-bond donors (Lipinski definition) is 1. The van der Waals surface area contributed by atoms with Crippen molar-refractivity contribution < 1.29 is 13.2 Å². The van der Waals surface area contributed by atoms with Crippen LogP contribution in [0.15, 0.2) is 23.1 Å². The van der Waals surface area contributed by atoms with Crippen molar-refractivity contribution in [1.82, 2.24) is 9.62 Å². The molecule has 1 aliphatic heterocycles. The molecule has 21 heavy (non-hydrogen) atoms. The molecule has 0 radical (unpaired) electrons. The van der Waals surface area contributed by atoms with Gasteiger partial charge in [-0.3, -0.25) is 0 Å². The van der Waals surface area contributed by atoms with Gasteiger partial charge in [0.2, 0.25) is 10.0 Å². The molecule has 1 aromatic carbocycles. The fourth-order valence-electron chi connectivity index (χ4n) is 2.43. The van der Waals surface area contributed by atoms with Crippen molar-refractivity contribution in [2.24, 2.45) is 0 Å². The van der Waals surface area contributed by atoms with Crippen LogP contribution in [0.2, 0.25) is 0 Å². The van der Waals surface area contributed by atoms with Crippen molar-refractivity contribution in [2.45, 2.75) is 24.4 Å². The summed E-state index contributed by atoms with van der Waals surface area (Å²) in [6.45, 7) is 3.18. The van der Waals surface area contributed by atoms with Crippen LogP contribution in [0.25, 0.3) is 0 Å². The summed E-state index contributed by atoms with van der Waals surface area (Å²) >= 11 is 1.79. The van der Waals surface area contributed by atoms with Gasteiger partial charge in [0.25, 0.3) is 0 Å². The minimum Gasteiger partial charge on any atom is -0.495 e. The fourth-order valence-corrected chi connectivity index (χ4v) is 5.43. The molecule has 1 aliphatic rings. The van der Waals surface area contributed by atoms with Gasteiger partial charge in [-0.2, -0.15) is 16.1 Å². The highest BCUT2D eigenvalue weighted by Gasteiger charge is 2.33. The summed E-state index contributed by atoms with van der Waals surface area (Å²) in [7, 11) is -0.153.